The molecular formula is C15H17FN2O. The molecule has 0 radical (unpaired) electrons. The van der Waals surface area contributed by atoms with Crippen molar-refractivity contribution in [3.63, 3.8) is 0 Å². The molecule has 1 aliphatic rings. The van der Waals surface area contributed by atoms with Crippen LogP contribution in [-0.4, -0.2) is 17.6 Å². The van der Waals surface area contributed by atoms with E-state index in [9.17, 15) is 4.39 Å². The average Bonchev–Trinajstić information content (AvgIpc) is 3.13. The van der Waals surface area contributed by atoms with Crippen LogP contribution in [0.3, 0.4) is 0 Å². The Kier molecular flexibility index (Phi) is 3.60. The van der Waals surface area contributed by atoms with Gasteiger partial charge in [0, 0.05) is 18.0 Å². The predicted molar refractivity (Wildman–Crippen MR) is 71.2 cm³/mol. The lowest BCUT2D eigenvalue weighted by Gasteiger charge is -2.00. The normalized spacial score (nSPS) is 14.8. The summed E-state index contributed by atoms with van der Waals surface area (Å²) in [5.41, 5.74) is 0.858. The van der Waals surface area contributed by atoms with Crippen molar-refractivity contribution in [2.75, 3.05) is 6.54 Å². The highest BCUT2D eigenvalue weighted by Crippen LogP contribution is 2.21. The molecule has 0 saturated heterocycles. The van der Waals surface area contributed by atoms with E-state index in [-0.39, 0.29) is 5.82 Å². The lowest BCUT2D eigenvalue weighted by molar-refractivity contribution is 0.491. The van der Waals surface area contributed by atoms with E-state index in [2.05, 4.69) is 10.3 Å². The summed E-state index contributed by atoms with van der Waals surface area (Å²) in [7, 11) is 0. The molecule has 2 aromatic rings. The zero-order valence-electron chi connectivity index (χ0n) is 10.7. The number of hydrogen-bond donors (Lipinski definition) is 1. The molecule has 4 heteroatoms. The van der Waals surface area contributed by atoms with Gasteiger partial charge in [-0.2, -0.15) is 0 Å². The number of rotatable bonds is 6. The van der Waals surface area contributed by atoms with Crippen molar-refractivity contribution in [2.45, 2.75) is 31.7 Å². The Morgan fingerprint density at radius 3 is 2.79 bits per heavy atom. The number of aryl methyl sites for hydroxylation is 1. The molecule has 1 heterocycles. The molecule has 1 aliphatic carbocycles. The van der Waals surface area contributed by atoms with Crippen LogP contribution < -0.4 is 5.32 Å². The summed E-state index contributed by atoms with van der Waals surface area (Å²) in [6.45, 7) is 1.01. The molecule has 19 heavy (non-hydrogen) atoms. The number of nitrogens with zero attached hydrogens (tertiary/aromatic N) is 1. The topological polar surface area (TPSA) is 38.1 Å². The minimum absolute atomic E-state index is 0.241. The molecule has 0 atom stereocenters. The van der Waals surface area contributed by atoms with Gasteiger partial charge in [0.25, 0.3) is 0 Å². The summed E-state index contributed by atoms with van der Waals surface area (Å²) < 4.78 is 18.5. The van der Waals surface area contributed by atoms with Crippen molar-refractivity contribution in [1.82, 2.24) is 10.3 Å². The van der Waals surface area contributed by atoms with Crippen molar-refractivity contribution >= 4 is 0 Å². The second kappa shape index (κ2) is 5.53. The highest BCUT2D eigenvalue weighted by molar-refractivity contribution is 5.55. The molecule has 0 unspecified atom stereocenters. The molecule has 0 amide bonds. The van der Waals surface area contributed by atoms with Crippen molar-refractivity contribution in [3.8, 4) is 11.3 Å². The lowest BCUT2D eigenvalue weighted by atomic mass is 10.2. The third-order valence-electron chi connectivity index (χ3n) is 3.26. The fourth-order valence-electron chi connectivity index (χ4n) is 2.01. The van der Waals surface area contributed by atoms with E-state index < -0.39 is 0 Å². The quantitative estimate of drug-likeness (QED) is 0.811. The van der Waals surface area contributed by atoms with E-state index in [1.807, 2.05) is 0 Å². The van der Waals surface area contributed by atoms with Crippen molar-refractivity contribution < 1.29 is 8.81 Å². The van der Waals surface area contributed by atoms with E-state index in [0.29, 0.717) is 5.76 Å². The second-order valence-electron chi connectivity index (χ2n) is 4.96. The fraction of sp³-hybridized carbons (Fsp3) is 0.400. The second-order valence-corrected chi connectivity index (χ2v) is 4.96. The Hall–Kier alpha value is -1.68. The molecule has 1 aromatic carbocycles. The Morgan fingerprint density at radius 2 is 2.05 bits per heavy atom. The van der Waals surface area contributed by atoms with E-state index in [1.54, 1.807) is 18.3 Å². The van der Waals surface area contributed by atoms with E-state index in [0.717, 1.165) is 36.9 Å². The number of nitrogens with one attached hydrogen (secondary N) is 1. The van der Waals surface area contributed by atoms with Crippen LogP contribution >= 0.6 is 0 Å². The third-order valence-corrected chi connectivity index (χ3v) is 3.26. The van der Waals surface area contributed by atoms with Crippen molar-refractivity contribution in [3.05, 3.63) is 42.2 Å². The van der Waals surface area contributed by atoms with Gasteiger partial charge in [0.2, 0.25) is 0 Å². The first-order chi connectivity index (χ1) is 9.31. The molecule has 0 bridgehead atoms. The van der Waals surface area contributed by atoms with Crippen LogP contribution in [0.15, 0.2) is 34.9 Å². The fourth-order valence-corrected chi connectivity index (χ4v) is 2.01. The number of benzene rings is 1. The highest BCUT2D eigenvalue weighted by atomic mass is 19.1. The van der Waals surface area contributed by atoms with Gasteiger partial charge in [-0.15, -0.1) is 0 Å². The average molecular weight is 260 g/mol. The maximum Gasteiger partial charge on any atom is 0.194 e. The molecule has 3 nitrogen and oxygen atoms in total. The zero-order chi connectivity index (χ0) is 13.1. The van der Waals surface area contributed by atoms with Crippen LogP contribution in [0.5, 0.6) is 0 Å². The smallest absolute Gasteiger partial charge is 0.194 e. The molecule has 100 valence electrons. The summed E-state index contributed by atoms with van der Waals surface area (Å²) in [6, 6.07) is 7.01. The Balaban J connectivity index is 1.54. The third kappa shape index (κ3) is 3.41. The van der Waals surface area contributed by atoms with Gasteiger partial charge >= 0.3 is 0 Å². The van der Waals surface area contributed by atoms with Crippen molar-refractivity contribution in [1.29, 1.82) is 0 Å². The van der Waals surface area contributed by atoms with Crippen LogP contribution in [-0.2, 0) is 6.42 Å². The van der Waals surface area contributed by atoms with Gasteiger partial charge in [0.15, 0.2) is 11.7 Å². The summed E-state index contributed by atoms with van der Waals surface area (Å²) in [5, 5.41) is 3.46. The van der Waals surface area contributed by atoms with Gasteiger partial charge in [-0.05, 0) is 50.1 Å². The van der Waals surface area contributed by atoms with Gasteiger partial charge in [-0.3, -0.25) is 0 Å². The zero-order valence-corrected chi connectivity index (χ0v) is 10.7. The molecule has 0 aliphatic heterocycles. The van der Waals surface area contributed by atoms with Crippen LogP contribution in [0.4, 0.5) is 4.39 Å². The number of aromatic nitrogens is 1. The van der Waals surface area contributed by atoms with Crippen LogP contribution in [0.2, 0.25) is 0 Å². The summed E-state index contributed by atoms with van der Waals surface area (Å²) in [4.78, 5) is 4.26. The van der Waals surface area contributed by atoms with Crippen molar-refractivity contribution in [2.24, 2.45) is 0 Å². The van der Waals surface area contributed by atoms with Gasteiger partial charge in [0.05, 0.1) is 6.20 Å². The lowest BCUT2D eigenvalue weighted by Crippen LogP contribution is -2.17. The Labute approximate surface area is 111 Å². The Bertz CT molecular complexity index is 531. The maximum atomic E-state index is 12.8. The standard InChI is InChI=1S/C15H17FN2O/c16-12-5-3-11(4-6-12)14-10-18-15(19-14)2-1-9-17-13-7-8-13/h3-6,10,13,17H,1-2,7-9H2. The molecule has 1 aromatic heterocycles. The largest absolute Gasteiger partial charge is 0.441 e. The first-order valence-corrected chi connectivity index (χ1v) is 6.75. The highest BCUT2D eigenvalue weighted by Gasteiger charge is 2.19. The summed E-state index contributed by atoms with van der Waals surface area (Å²) in [6.07, 6.45) is 6.19. The molecule has 1 N–H and O–H groups in total. The first-order valence-electron chi connectivity index (χ1n) is 6.75. The molecule has 3 rings (SSSR count). The number of halogens is 1. The minimum Gasteiger partial charge on any atom is -0.441 e. The van der Waals surface area contributed by atoms with E-state index >= 15 is 0 Å². The minimum atomic E-state index is -0.241. The van der Waals surface area contributed by atoms with E-state index in [4.69, 9.17) is 4.42 Å². The van der Waals surface area contributed by atoms with Gasteiger partial charge < -0.3 is 9.73 Å². The summed E-state index contributed by atoms with van der Waals surface area (Å²) in [5.74, 6) is 1.21. The predicted octanol–water partition coefficient (Wildman–Crippen LogP) is 3.17. The van der Waals surface area contributed by atoms with Gasteiger partial charge in [-0.25, -0.2) is 9.37 Å². The Morgan fingerprint density at radius 1 is 1.26 bits per heavy atom. The molecule has 0 spiro atoms. The maximum absolute atomic E-state index is 12.8. The van der Waals surface area contributed by atoms with Gasteiger partial charge in [-0.1, -0.05) is 0 Å². The molecule has 1 saturated carbocycles. The van der Waals surface area contributed by atoms with Crippen LogP contribution in [0.1, 0.15) is 25.2 Å². The molecular weight excluding hydrogens is 243 g/mol. The van der Waals surface area contributed by atoms with Gasteiger partial charge in [0.1, 0.15) is 5.82 Å². The van der Waals surface area contributed by atoms with Crippen LogP contribution in [0, 0.1) is 5.82 Å². The monoisotopic (exact) mass is 260 g/mol. The number of hydrogen-bond acceptors (Lipinski definition) is 3. The summed E-state index contributed by atoms with van der Waals surface area (Å²) >= 11 is 0. The van der Waals surface area contributed by atoms with E-state index in [1.165, 1.54) is 25.0 Å². The number of oxazole rings is 1. The SMILES string of the molecule is Fc1ccc(-c2cnc(CCCNC3CC3)o2)cc1. The first kappa shape index (κ1) is 12.4. The molecule has 1 fully saturated rings. The van der Waals surface area contributed by atoms with Crippen LogP contribution in [0.25, 0.3) is 11.3 Å².